The average molecular weight is 266 g/mol. The molecule has 0 fully saturated rings. The normalized spacial score (nSPS) is 11.5. The number of carbonyl (C=O) groups is 1. The first-order valence-electron chi connectivity index (χ1n) is 3.68. The van der Waals surface area contributed by atoms with E-state index in [-0.39, 0.29) is 0 Å². The second kappa shape index (κ2) is 5.05. The lowest BCUT2D eigenvalue weighted by Crippen LogP contribution is -2.35. The fourth-order valence-electron chi connectivity index (χ4n) is 0.493. The van der Waals surface area contributed by atoms with Crippen molar-refractivity contribution in [2.24, 2.45) is 0 Å². The molecule has 2 N–H and O–H groups in total. The van der Waals surface area contributed by atoms with Crippen molar-refractivity contribution >= 4 is 26.0 Å². The molecule has 0 spiro atoms. The van der Waals surface area contributed by atoms with Crippen molar-refractivity contribution in [2.75, 3.05) is 0 Å². The van der Waals surface area contributed by atoms with E-state index in [0.29, 0.717) is 5.41 Å². The zero-order chi connectivity index (χ0) is 13.0. The number of carbonyl (C=O) groups excluding carboxylic acids is 1. The molecule has 0 aromatic rings. The van der Waals surface area contributed by atoms with Gasteiger partial charge in [0.25, 0.3) is 10.0 Å². The zero-order valence-electron chi connectivity index (χ0n) is 8.13. The van der Waals surface area contributed by atoms with Crippen LogP contribution >= 0.6 is 0 Å². The van der Waals surface area contributed by atoms with Gasteiger partial charge < -0.3 is 5.32 Å². The smallest absolute Gasteiger partial charge is 0.268 e. The van der Waals surface area contributed by atoms with Crippen molar-refractivity contribution < 1.29 is 21.6 Å². The van der Waals surface area contributed by atoms with Gasteiger partial charge in [-0.05, 0) is 6.08 Å². The lowest BCUT2D eigenvalue weighted by Gasteiger charge is -2.07. The Morgan fingerprint density at radius 1 is 1.12 bits per heavy atom. The molecule has 0 aliphatic rings. The Morgan fingerprint density at radius 2 is 1.62 bits per heavy atom. The molecule has 0 aromatic carbocycles. The first-order valence-corrected chi connectivity index (χ1v) is 6.71. The number of amides is 1. The summed E-state index contributed by atoms with van der Waals surface area (Å²) in [4.78, 5) is 10.8. The van der Waals surface area contributed by atoms with E-state index in [1.807, 2.05) is 5.32 Å². The van der Waals surface area contributed by atoms with E-state index >= 15 is 0 Å². The molecule has 0 heterocycles. The van der Waals surface area contributed by atoms with Crippen molar-refractivity contribution in [3.8, 4) is 0 Å². The quantitative estimate of drug-likeness (QED) is 0.609. The molecule has 0 aliphatic carbocycles. The molecule has 0 rings (SSSR count). The zero-order valence-corrected chi connectivity index (χ0v) is 9.77. The topological polar surface area (TPSA) is 109 Å². The molecule has 0 aliphatic heterocycles. The summed E-state index contributed by atoms with van der Waals surface area (Å²) >= 11 is 0. The van der Waals surface area contributed by atoms with Crippen LogP contribution in [0.25, 0.3) is 0 Å². The van der Waals surface area contributed by atoms with Gasteiger partial charge in [0, 0.05) is 5.41 Å². The molecule has 0 bridgehead atoms. The largest absolute Gasteiger partial charge is 0.312 e. The highest BCUT2D eigenvalue weighted by atomic mass is 32.3. The third-order valence-corrected chi connectivity index (χ3v) is 4.21. The molecule has 16 heavy (non-hydrogen) atoms. The van der Waals surface area contributed by atoms with Gasteiger partial charge in [0.1, 0.15) is 5.03 Å². The van der Waals surface area contributed by atoms with Crippen molar-refractivity contribution in [1.29, 1.82) is 0 Å². The van der Waals surface area contributed by atoms with Crippen LogP contribution in [-0.4, -0.2) is 22.7 Å². The molecule has 0 atom stereocenters. The van der Waals surface area contributed by atoms with Crippen LogP contribution < -0.4 is 9.44 Å². The summed E-state index contributed by atoms with van der Waals surface area (Å²) in [5.41, 5.74) is 0. The Kier molecular flexibility index (Phi) is 4.60. The van der Waals surface area contributed by atoms with Crippen LogP contribution in [0.3, 0.4) is 0 Å². The maximum atomic E-state index is 11.3. The van der Waals surface area contributed by atoms with Gasteiger partial charge in [0.2, 0.25) is 15.9 Å². The Balaban J connectivity index is 4.96. The second-order valence-electron chi connectivity index (χ2n) is 2.41. The number of rotatable bonds is 6. The lowest BCUT2D eigenvalue weighted by molar-refractivity contribution is -0.115. The van der Waals surface area contributed by atoms with Crippen molar-refractivity contribution in [3.05, 3.63) is 36.2 Å². The number of hydrogen-bond acceptors (Lipinski definition) is 5. The van der Waals surface area contributed by atoms with Gasteiger partial charge in [-0.15, -0.1) is 0 Å². The molecule has 0 unspecified atom stereocenters. The van der Waals surface area contributed by atoms with E-state index < -0.39 is 31.0 Å². The van der Waals surface area contributed by atoms with Gasteiger partial charge in [-0.2, -0.15) is 0 Å². The van der Waals surface area contributed by atoms with Gasteiger partial charge in [0.15, 0.2) is 0 Å². The summed E-state index contributed by atoms with van der Waals surface area (Å²) in [5.74, 6) is -0.827. The van der Waals surface area contributed by atoms with Gasteiger partial charge in [0.05, 0.1) is 0 Å². The minimum atomic E-state index is -4.42. The number of sulfonamides is 2. The van der Waals surface area contributed by atoms with Crippen LogP contribution in [0.1, 0.15) is 0 Å². The maximum Gasteiger partial charge on any atom is 0.268 e. The van der Waals surface area contributed by atoms with Crippen molar-refractivity contribution in [2.45, 2.75) is 0 Å². The van der Waals surface area contributed by atoms with Crippen molar-refractivity contribution in [3.63, 3.8) is 0 Å². The van der Waals surface area contributed by atoms with Crippen LogP contribution in [-0.2, 0) is 24.8 Å². The summed E-state index contributed by atoms with van der Waals surface area (Å²) in [7, 11) is -8.60. The third kappa shape index (κ3) is 4.38. The molecule has 1 amide bonds. The van der Waals surface area contributed by atoms with Crippen LogP contribution in [0.15, 0.2) is 36.2 Å². The Hall–Kier alpha value is -1.45. The first-order chi connectivity index (χ1) is 7.14. The van der Waals surface area contributed by atoms with Gasteiger partial charge in [-0.25, -0.2) is 16.8 Å². The summed E-state index contributed by atoms with van der Waals surface area (Å²) < 4.78 is 45.6. The van der Waals surface area contributed by atoms with Crippen molar-refractivity contribution in [1.82, 2.24) is 9.44 Å². The monoisotopic (exact) mass is 266 g/mol. The van der Waals surface area contributed by atoms with E-state index in [2.05, 4.69) is 19.7 Å². The van der Waals surface area contributed by atoms with Gasteiger partial charge in [-0.3, -0.25) is 4.79 Å². The molecule has 90 valence electrons. The van der Waals surface area contributed by atoms with Gasteiger partial charge in [-0.1, -0.05) is 23.9 Å². The highest BCUT2D eigenvalue weighted by Gasteiger charge is 2.22. The van der Waals surface area contributed by atoms with E-state index in [9.17, 15) is 21.6 Å². The van der Waals surface area contributed by atoms with Crippen LogP contribution in [0.4, 0.5) is 0 Å². The van der Waals surface area contributed by atoms with E-state index in [1.54, 1.807) is 0 Å². The van der Waals surface area contributed by atoms with E-state index in [1.165, 1.54) is 4.13 Å². The predicted molar refractivity (Wildman–Crippen MR) is 58.7 cm³/mol. The summed E-state index contributed by atoms with van der Waals surface area (Å²) in [6.45, 7) is 8.99. The standard InChI is InChI=1S/C7H10N2O5S2/c1-4-7(10)8-6(3)16(13,14)9-15(11,12)5-2/h4-5,9H,1-3H2,(H,8,10). The molecule has 0 saturated carbocycles. The number of hydrogen-bond donors (Lipinski definition) is 2. The maximum absolute atomic E-state index is 11.3. The predicted octanol–water partition coefficient (Wildman–Crippen LogP) is -0.847. The Bertz CT molecular complexity index is 529. The molecule has 0 saturated heterocycles. The molecule has 0 radical (unpaired) electrons. The lowest BCUT2D eigenvalue weighted by atomic mass is 10.6. The molecule has 7 nitrogen and oxygen atoms in total. The minimum absolute atomic E-state index is 0.410. The fourth-order valence-corrected chi connectivity index (χ4v) is 2.63. The number of nitrogens with one attached hydrogen (secondary N) is 2. The Morgan fingerprint density at radius 3 is 2.00 bits per heavy atom. The first kappa shape index (κ1) is 14.6. The van der Waals surface area contributed by atoms with Crippen LogP contribution in [0, 0.1) is 0 Å². The summed E-state index contributed by atoms with van der Waals surface area (Å²) in [5, 5.41) is 1.42. The fraction of sp³-hybridized carbons (Fsp3) is 0. The average Bonchev–Trinajstić information content (AvgIpc) is 2.16. The molecule has 0 aromatic heterocycles. The SMILES string of the molecule is C=CC(=O)NC(=C)S(=O)(=O)NS(=O)(=O)C=C. The highest BCUT2D eigenvalue weighted by molar-refractivity contribution is 8.07. The van der Waals surface area contributed by atoms with Gasteiger partial charge >= 0.3 is 0 Å². The van der Waals surface area contributed by atoms with E-state index in [4.69, 9.17) is 0 Å². The minimum Gasteiger partial charge on any atom is -0.312 e. The van der Waals surface area contributed by atoms with Crippen LogP contribution in [0.2, 0.25) is 0 Å². The summed E-state index contributed by atoms with van der Waals surface area (Å²) in [6.07, 6.45) is 0.808. The molecular weight excluding hydrogens is 256 g/mol. The molecular formula is C7H10N2O5S2. The Labute approximate surface area is 93.6 Å². The molecule has 9 heteroatoms. The van der Waals surface area contributed by atoms with Crippen LogP contribution in [0.5, 0.6) is 0 Å². The summed E-state index contributed by atoms with van der Waals surface area (Å²) in [6, 6.07) is 0. The third-order valence-electron chi connectivity index (χ3n) is 1.22. The highest BCUT2D eigenvalue weighted by Crippen LogP contribution is 2.00. The van der Waals surface area contributed by atoms with E-state index in [0.717, 1.165) is 6.08 Å². The second-order valence-corrected chi connectivity index (χ2v) is 6.00.